The molecular formula is C19H22N6OS. The largest absolute Gasteiger partial charge is 0.372 e. The highest BCUT2D eigenvalue weighted by Gasteiger charge is 2.42. The van der Waals surface area contributed by atoms with Crippen LogP contribution in [0.4, 0.5) is 22.2 Å². The number of urea groups is 1. The van der Waals surface area contributed by atoms with Gasteiger partial charge in [-0.2, -0.15) is 4.98 Å². The van der Waals surface area contributed by atoms with Crippen molar-refractivity contribution in [3.63, 3.8) is 0 Å². The van der Waals surface area contributed by atoms with Crippen molar-refractivity contribution >= 4 is 35.2 Å². The molecule has 3 N–H and O–H groups in total. The lowest BCUT2D eigenvalue weighted by Gasteiger charge is -2.45. The molecule has 0 radical (unpaired) electrons. The number of nitrogens with one attached hydrogen (secondary N) is 3. The number of anilines is 3. The summed E-state index contributed by atoms with van der Waals surface area (Å²) in [6.07, 6.45) is 2.67. The fourth-order valence-corrected chi connectivity index (χ4v) is 5.39. The van der Waals surface area contributed by atoms with Crippen molar-refractivity contribution in [2.24, 2.45) is 0 Å². The second-order valence-electron chi connectivity index (χ2n) is 7.19. The van der Waals surface area contributed by atoms with Crippen molar-refractivity contribution in [2.75, 3.05) is 41.4 Å². The molecule has 1 aromatic heterocycles. The van der Waals surface area contributed by atoms with E-state index in [2.05, 4.69) is 26.9 Å². The number of piperidine rings is 1. The third-order valence-corrected chi connectivity index (χ3v) is 6.82. The Labute approximate surface area is 162 Å². The van der Waals surface area contributed by atoms with E-state index in [-0.39, 0.29) is 11.6 Å². The van der Waals surface area contributed by atoms with Crippen molar-refractivity contribution in [2.45, 2.75) is 29.7 Å². The lowest BCUT2D eigenvalue weighted by molar-refractivity contribution is 0.219. The van der Waals surface area contributed by atoms with Crippen molar-refractivity contribution < 1.29 is 4.79 Å². The number of hydrogen-bond donors (Lipinski definition) is 3. The summed E-state index contributed by atoms with van der Waals surface area (Å²) in [6, 6.07) is 7.96. The molecule has 2 amide bonds. The minimum Gasteiger partial charge on any atom is -0.372 e. The van der Waals surface area contributed by atoms with E-state index in [4.69, 9.17) is 9.97 Å². The molecule has 0 atom stereocenters. The van der Waals surface area contributed by atoms with Crippen LogP contribution in [0.25, 0.3) is 0 Å². The minimum atomic E-state index is -0.312. The second-order valence-corrected chi connectivity index (χ2v) is 8.30. The SMILES string of the molecule is CNc1nc(N2CCC3(CC2)NC(=O)Nc2ccccc23)nc2c1SCC2. The summed E-state index contributed by atoms with van der Waals surface area (Å²) in [6.45, 7) is 1.62. The number of nitrogens with zero attached hydrogens (tertiary/aromatic N) is 3. The zero-order chi connectivity index (χ0) is 18.4. The predicted octanol–water partition coefficient (Wildman–Crippen LogP) is 2.80. The quantitative estimate of drug-likeness (QED) is 0.741. The van der Waals surface area contributed by atoms with Gasteiger partial charge in [0.05, 0.1) is 16.1 Å². The van der Waals surface area contributed by atoms with Gasteiger partial charge in [0, 0.05) is 43.6 Å². The molecule has 4 heterocycles. The monoisotopic (exact) mass is 382 g/mol. The van der Waals surface area contributed by atoms with Crippen LogP contribution < -0.4 is 20.9 Å². The number of hydrogen-bond acceptors (Lipinski definition) is 6. The van der Waals surface area contributed by atoms with Gasteiger partial charge in [-0.1, -0.05) is 18.2 Å². The van der Waals surface area contributed by atoms with Crippen LogP contribution in [0, 0.1) is 0 Å². The van der Waals surface area contributed by atoms with E-state index in [1.807, 2.05) is 37.0 Å². The van der Waals surface area contributed by atoms with Gasteiger partial charge in [0.2, 0.25) is 5.95 Å². The number of thioether (sulfide) groups is 1. The number of benzene rings is 1. The Balaban J connectivity index is 1.42. The van der Waals surface area contributed by atoms with Gasteiger partial charge in [-0.15, -0.1) is 11.8 Å². The van der Waals surface area contributed by atoms with Crippen LogP contribution in [-0.2, 0) is 12.0 Å². The number of amides is 2. The molecule has 0 bridgehead atoms. The third kappa shape index (κ3) is 2.70. The predicted molar refractivity (Wildman–Crippen MR) is 108 cm³/mol. The van der Waals surface area contributed by atoms with E-state index in [0.29, 0.717) is 0 Å². The summed E-state index contributed by atoms with van der Waals surface area (Å²) in [5.41, 5.74) is 2.92. The molecule has 7 nitrogen and oxygen atoms in total. The van der Waals surface area contributed by atoms with Gasteiger partial charge in [0.1, 0.15) is 5.82 Å². The molecule has 3 aliphatic rings. The number of para-hydroxylation sites is 1. The Morgan fingerprint density at radius 2 is 2.04 bits per heavy atom. The molecule has 0 saturated carbocycles. The van der Waals surface area contributed by atoms with Gasteiger partial charge in [0.15, 0.2) is 0 Å². The number of carbonyl (C=O) groups is 1. The number of rotatable bonds is 2. The van der Waals surface area contributed by atoms with Crippen molar-refractivity contribution in [3.8, 4) is 0 Å². The Morgan fingerprint density at radius 3 is 2.85 bits per heavy atom. The molecular weight excluding hydrogens is 360 g/mol. The first kappa shape index (κ1) is 16.7. The molecule has 27 heavy (non-hydrogen) atoms. The van der Waals surface area contributed by atoms with E-state index in [0.717, 1.165) is 61.3 Å². The Kier molecular flexibility index (Phi) is 3.89. The Morgan fingerprint density at radius 1 is 1.22 bits per heavy atom. The maximum Gasteiger partial charge on any atom is 0.319 e. The molecule has 5 rings (SSSR count). The molecule has 1 spiro atoms. The Bertz CT molecular complexity index is 909. The van der Waals surface area contributed by atoms with Gasteiger partial charge in [-0.3, -0.25) is 0 Å². The summed E-state index contributed by atoms with van der Waals surface area (Å²) >= 11 is 1.82. The van der Waals surface area contributed by atoms with Gasteiger partial charge in [-0.05, 0) is 18.9 Å². The molecule has 0 aliphatic carbocycles. The smallest absolute Gasteiger partial charge is 0.319 e. The summed E-state index contributed by atoms with van der Waals surface area (Å²) < 4.78 is 0. The van der Waals surface area contributed by atoms with Crippen LogP contribution in [0.5, 0.6) is 0 Å². The summed E-state index contributed by atoms with van der Waals surface area (Å²) in [7, 11) is 1.91. The molecule has 8 heteroatoms. The van der Waals surface area contributed by atoms with Crippen LogP contribution in [0.2, 0.25) is 0 Å². The van der Waals surface area contributed by atoms with E-state index in [1.54, 1.807) is 0 Å². The maximum atomic E-state index is 12.2. The number of aromatic nitrogens is 2. The van der Waals surface area contributed by atoms with Crippen LogP contribution in [0.1, 0.15) is 24.1 Å². The first-order chi connectivity index (χ1) is 13.2. The normalized spacial score (nSPS) is 19.9. The average molecular weight is 382 g/mol. The summed E-state index contributed by atoms with van der Waals surface area (Å²) in [5.74, 6) is 2.79. The van der Waals surface area contributed by atoms with E-state index >= 15 is 0 Å². The third-order valence-electron chi connectivity index (χ3n) is 5.69. The summed E-state index contributed by atoms with van der Waals surface area (Å²) in [4.78, 5) is 25.2. The second kappa shape index (κ2) is 6.30. The molecule has 1 saturated heterocycles. The number of aryl methyl sites for hydroxylation is 1. The lowest BCUT2D eigenvalue weighted by atomic mass is 9.79. The molecule has 3 aliphatic heterocycles. The number of carbonyl (C=O) groups excluding carboxylic acids is 1. The molecule has 1 aromatic carbocycles. The van der Waals surface area contributed by atoms with E-state index in [1.165, 1.54) is 10.5 Å². The van der Waals surface area contributed by atoms with Gasteiger partial charge in [-0.25, -0.2) is 9.78 Å². The highest BCUT2D eigenvalue weighted by Crippen LogP contribution is 2.41. The van der Waals surface area contributed by atoms with Crippen LogP contribution in [0.3, 0.4) is 0 Å². The highest BCUT2D eigenvalue weighted by atomic mass is 32.2. The first-order valence-electron chi connectivity index (χ1n) is 9.34. The van der Waals surface area contributed by atoms with E-state index in [9.17, 15) is 4.79 Å². The van der Waals surface area contributed by atoms with Crippen LogP contribution >= 0.6 is 11.8 Å². The van der Waals surface area contributed by atoms with Crippen molar-refractivity contribution in [1.29, 1.82) is 0 Å². The zero-order valence-corrected chi connectivity index (χ0v) is 16.0. The lowest BCUT2D eigenvalue weighted by Crippen LogP contribution is -2.57. The fraction of sp³-hybridized carbons (Fsp3) is 0.421. The van der Waals surface area contributed by atoms with E-state index < -0.39 is 0 Å². The topological polar surface area (TPSA) is 82.2 Å². The molecule has 140 valence electrons. The summed E-state index contributed by atoms with van der Waals surface area (Å²) in [5, 5.41) is 9.33. The van der Waals surface area contributed by atoms with Crippen molar-refractivity contribution in [1.82, 2.24) is 15.3 Å². The number of fused-ring (bicyclic) bond motifs is 3. The average Bonchev–Trinajstić information content (AvgIpc) is 3.16. The minimum absolute atomic E-state index is 0.120. The zero-order valence-electron chi connectivity index (χ0n) is 15.2. The van der Waals surface area contributed by atoms with Gasteiger partial charge in [0.25, 0.3) is 0 Å². The molecule has 1 fully saturated rings. The van der Waals surface area contributed by atoms with Crippen LogP contribution in [0.15, 0.2) is 29.2 Å². The fourth-order valence-electron chi connectivity index (χ4n) is 4.30. The maximum absolute atomic E-state index is 12.2. The van der Waals surface area contributed by atoms with Crippen molar-refractivity contribution in [3.05, 3.63) is 35.5 Å². The van der Waals surface area contributed by atoms with Crippen LogP contribution in [-0.4, -0.2) is 41.9 Å². The van der Waals surface area contributed by atoms with Gasteiger partial charge >= 0.3 is 6.03 Å². The van der Waals surface area contributed by atoms with Gasteiger partial charge < -0.3 is 20.9 Å². The Hall–Kier alpha value is -2.48. The first-order valence-corrected chi connectivity index (χ1v) is 10.3. The molecule has 2 aromatic rings. The molecule has 0 unspecified atom stereocenters. The standard InChI is InChI=1S/C19H22N6OS/c1-20-16-15-14(6-11-27-15)21-17(23-16)25-9-7-19(8-10-25)12-4-2-3-5-13(12)22-18(26)24-19/h2-5H,6-11H2,1H3,(H,20,21,23)(H2,22,24,26). The highest BCUT2D eigenvalue weighted by molar-refractivity contribution is 7.99.